The van der Waals surface area contributed by atoms with Crippen LogP contribution in [-0.4, -0.2) is 23.4 Å². The lowest BCUT2D eigenvalue weighted by molar-refractivity contribution is 0.0950. The Morgan fingerprint density at radius 1 is 1.22 bits per heavy atom. The van der Waals surface area contributed by atoms with Crippen LogP contribution in [0.2, 0.25) is 0 Å². The highest BCUT2D eigenvalue weighted by Gasteiger charge is 2.18. The highest BCUT2D eigenvalue weighted by Crippen LogP contribution is 2.19. The van der Waals surface area contributed by atoms with Crippen molar-refractivity contribution >= 4 is 30.7 Å². The van der Waals surface area contributed by atoms with Crippen LogP contribution >= 0.6 is 24.8 Å². The molecule has 0 spiro atoms. The van der Waals surface area contributed by atoms with E-state index in [0.29, 0.717) is 30.5 Å². The number of nitrogens with zero attached hydrogens (tertiary/aromatic N) is 1. The van der Waals surface area contributed by atoms with Gasteiger partial charge in [-0.05, 0) is 43.5 Å². The number of halogens is 2. The summed E-state index contributed by atoms with van der Waals surface area (Å²) in [6, 6.07) is 10.8. The van der Waals surface area contributed by atoms with Crippen molar-refractivity contribution in [2.24, 2.45) is 5.73 Å². The first-order chi connectivity index (χ1) is 12.2. The molecule has 1 amide bonds. The van der Waals surface area contributed by atoms with Crippen LogP contribution in [0.4, 0.5) is 0 Å². The average molecular weight is 414 g/mol. The second kappa shape index (κ2) is 11.3. The van der Waals surface area contributed by atoms with E-state index in [1.807, 2.05) is 0 Å². The quantitative estimate of drug-likeness (QED) is 0.753. The van der Waals surface area contributed by atoms with Crippen molar-refractivity contribution in [1.82, 2.24) is 10.2 Å². The summed E-state index contributed by atoms with van der Waals surface area (Å²) in [4.78, 5) is 14.6. The number of carbonyl (C=O) groups excluding carboxylic acids is 1. The molecule has 0 aliphatic carbocycles. The Balaban J connectivity index is 0.00000182. The molecular formula is C20H29Cl2N3O2. The maximum absolute atomic E-state index is 12.1. The molecule has 1 aliphatic rings. The number of hydrogen-bond donors (Lipinski definition) is 2. The van der Waals surface area contributed by atoms with Gasteiger partial charge in [0.15, 0.2) is 0 Å². The predicted molar refractivity (Wildman–Crippen MR) is 112 cm³/mol. The minimum absolute atomic E-state index is 0. The van der Waals surface area contributed by atoms with Crippen LogP contribution in [0.25, 0.3) is 0 Å². The summed E-state index contributed by atoms with van der Waals surface area (Å²) >= 11 is 0. The number of benzene rings is 1. The summed E-state index contributed by atoms with van der Waals surface area (Å²) in [6.45, 7) is 5.31. The first-order valence-electron chi connectivity index (χ1n) is 9.03. The highest BCUT2D eigenvalue weighted by molar-refractivity contribution is 5.93. The summed E-state index contributed by atoms with van der Waals surface area (Å²) in [5.41, 5.74) is 8.41. The molecule has 1 atom stereocenters. The van der Waals surface area contributed by atoms with Crippen molar-refractivity contribution in [2.45, 2.75) is 51.9 Å². The molecule has 1 fully saturated rings. The van der Waals surface area contributed by atoms with Gasteiger partial charge >= 0.3 is 0 Å². The molecule has 1 aliphatic heterocycles. The molecule has 3 rings (SSSR count). The van der Waals surface area contributed by atoms with Gasteiger partial charge in [-0.1, -0.05) is 30.7 Å². The van der Waals surface area contributed by atoms with Crippen LogP contribution in [-0.2, 0) is 19.6 Å². The van der Waals surface area contributed by atoms with Gasteiger partial charge in [0, 0.05) is 19.1 Å². The molecule has 0 bridgehead atoms. The molecular weight excluding hydrogens is 385 g/mol. The van der Waals surface area contributed by atoms with E-state index in [-0.39, 0.29) is 30.7 Å². The molecule has 27 heavy (non-hydrogen) atoms. The summed E-state index contributed by atoms with van der Waals surface area (Å²) in [5.74, 6) is 0.469. The Labute approximate surface area is 173 Å². The van der Waals surface area contributed by atoms with E-state index in [4.69, 9.17) is 10.2 Å². The normalized spacial score (nSPS) is 16.9. The van der Waals surface area contributed by atoms with E-state index < -0.39 is 0 Å². The van der Waals surface area contributed by atoms with Gasteiger partial charge in [0.2, 0.25) is 0 Å². The van der Waals surface area contributed by atoms with Crippen LogP contribution in [0.1, 0.15) is 53.4 Å². The van der Waals surface area contributed by atoms with Crippen molar-refractivity contribution in [3.63, 3.8) is 0 Å². The van der Waals surface area contributed by atoms with E-state index >= 15 is 0 Å². The summed E-state index contributed by atoms with van der Waals surface area (Å²) in [7, 11) is 0. The van der Waals surface area contributed by atoms with Crippen molar-refractivity contribution in [2.75, 3.05) is 6.54 Å². The number of nitrogens with two attached hydrogens (primary N) is 1. The molecule has 150 valence electrons. The molecule has 7 heteroatoms. The SMILES string of the molecule is CC1CCCCN1Cc1ccc(CNC(=O)c2coc(CN)c2)cc1.Cl.Cl. The Hall–Kier alpha value is -1.53. The van der Waals surface area contributed by atoms with Crippen LogP contribution in [0.15, 0.2) is 41.0 Å². The van der Waals surface area contributed by atoms with E-state index in [1.54, 1.807) is 6.07 Å². The summed E-state index contributed by atoms with van der Waals surface area (Å²) in [6.07, 6.45) is 5.39. The lowest BCUT2D eigenvalue weighted by atomic mass is 10.0. The second-order valence-electron chi connectivity index (χ2n) is 6.82. The third-order valence-corrected chi connectivity index (χ3v) is 4.92. The number of piperidine rings is 1. The van der Waals surface area contributed by atoms with Gasteiger partial charge in [0.05, 0.1) is 12.1 Å². The van der Waals surface area contributed by atoms with Gasteiger partial charge in [0.1, 0.15) is 12.0 Å². The minimum Gasteiger partial charge on any atom is -0.467 e. The van der Waals surface area contributed by atoms with Crippen molar-refractivity contribution in [3.8, 4) is 0 Å². The minimum atomic E-state index is -0.144. The number of carbonyl (C=O) groups is 1. The Bertz CT molecular complexity index is 704. The third-order valence-electron chi connectivity index (χ3n) is 4.92. The largest absolute Gasteiger partial charge is 0.467 e. The third kappa shape index (κ3) is 6.54. The molecule has 1 saturated heterocycles. The zero-order valence-corrected chi connectivity index (χ0v) is 17.3. The fraction of sp³-hybridized carbons (Fsp3) is 0.450. The van der Waals surface area contributed by atoms with E-state index in [9.17, 15) is 4.79 Å². The van der Waals surface area contributed by atoms with Crippen LogP contribution < -0.4 is 11.1 Å². The van der Waals surface area contributed by atoms with Gasteiger partial charge < -0.3 is 15.5 Å². The number of rotatable bonds is 6. The number of hydrogen-bond acceptors (Lipinski definition) is 4. The molecule has 5 nitrogen and oxygen atoms in total. The molecule has 3 N–H and O–H groups in total. The van der Waals surface area contributed by atoms with Crippen molar-refractivity contribution in [3.05, 3.63) is 59.0 Å². The van der Waals surface area contributed by atoms with E-state index in [0.717, 1.165) is 12.1 Å². The van der Waals surface area contributed by atoms with Gasteiger partial charge in [-0.25, -0.2) is 0 Å². The van der Waals surface area contributed by atoms with Gasteiger partial charge in [0.25, 0.3) is 5.91 Å². The maximum atomic E-state index is 12.1. The zero-order chi connectivity index (χ0) is 17.6. The van der Waals surface area contributed by atoms with Crippen LogP contribution in [0, 0.1) is 0 Å². The van der Waals surface area contributed by atoms with Crippen molar-refractivity contribution in [1.29, 1.82) is 0 Å². The summed E-state index contributed by atoms with van der Waals surface area (Å²) in [5, 5.41) is 2.91. The van der Waals surface area contributed by atoms with Gasteiger partial charge in [-0.15, -0.1) is 24.8 Å². The van der Waals surface area contributed by atoms with Gasteiger partial charge in [-0.3, -0.25) is 9.69 Å². The fourth-order valence-corrected chi connectivity index (χ4v) is 3.28. The molecule has 0 saturated carbocycles. The standard InChI is InChI=1S/C20H27N3O2.2ClH/c1-15-4-2-3-9-23(15)13-17-7-5-16(6-8-17)12-22-20(24)18-10-19(11-21)25-14-18;;/h5-8,10,14-15H,2-4,9,11-13,21H2,1H3,(H,22,24);2*1H. The summed E-state index contributed by atoms with van der Waals surface area (Å²) < 4.78 is 5.19. The molecule has 1 unspecified atom stereocenters. The first kappa shape index (κ1) is 23.5. The smallest absolute Gasteiger partial charge is 0.254 e. The number of likely N-dealkylation sites (tertiary alicyclic amines) is 1. The predicted octanol–water partition coefficient (Wildman–Crippen LogP) is 3.89. The fourth-order valence-electron chi connectivity index (χ4n) is 3.28. The van der Waals surface area contributed by atoms with E-state index in [2.05, 4.69) is 41.4 Å². The lowest BCUT2D eigenvalue weighted by Crippen LogP contribution is -2.36. The number of furan rings is 1. The number of nitrogens with one attached hydrogen (secondary N) is 1. The Kier molecular flexibility index (Phi) is 9.88. The van der Waals surface area contributed by atoms with Crippen molar-refractivity contribution < 1.29 is 9.21 Å². The zero-order valence-electron chi connectivity index (χ0n) is 15.6. The average Bonchev–Trinajstić information content (AvgIpc) is 3.12. The lowest BCUT2D eigenvalue weighted by Gasteiger charge is -2.33. The molecule has 2 aromatic rings. The Morgan fingerprint density at radius 2 is 1.93 bits per heavy atom. The molecule has 1 aromatic carbocycles. The Morgan fingerprint density at radius 3 is 2.56 bits per heavy atom. The van der Waals surface area contributed by atoms with Gasteiger partial charge in [-0.2, -0.15) is 0 Å². The second-order valence-corrected chi connectivity index (χ2v) is 6.82. The number of amides is 1. The molecule has 1 aromatic heterocycles. The monoisotopic (exact) mass is 413 g/mol. The van der Waals surface area contributed by atoms with Crippen LogP contribution in [0.3, 0.4) is 0 Å². The topological polar surface area (TPSA) is 71.5 Å². The van der Waals surface area contributed by atoms with Crippen LogP contribution in [0.5, 0.6) is 0 Å². The first-order valence-corrected chi connectivity index (χ1v) is 9.03. The highest BCUT2D eigenvalue weighted by atomic mass is 35.5. The molecule has 0 radical (unpaired) electrons. The van der Waals surface area contributed by atoms with E-state index in [1.165, 1.54) is 37.6 Å². The maximum Gasteiger partial charge on any atom is 0.254 e. The molecule has 2 heterocycles.